The van der Waals surface area contributed by atoms with E-state index < -0.39 is 0 Å². The van der Waals surface area contributed by atoms with Crippen LogP contribution in [0.3, 0.4) is 0 Å². The van der Waals surface area contributed by atoms with E-state index in [2.05, 4.69) is 53.7 Å². The Morgan fingerprint density at radius 2 is 1.50 bits per heavy atom. The molecule has 1 rings (SSSR count). The lowest BCUT2D eigenvalue weighted by atomic mass is 9.78. The summed E-state index contributed by atoms with van der Waals surface area (Å²) in [5.74, 6) is 1.04. The Labute approximate surface area is 141 Å². The molecule has 0 radical (unpaired) electrons. The average molecular weight is 322 g/mol. The van der Waals surface area contributed by atoms with Gasteiger partial charge in [0.05, 0.1) is 11.6 Å². The van der Waals surface area contributed by atoms with Crippen LogP contribution < -0.4 is 10.5 Å². The van der Waals surface area contributed by atoms with Crippen molar-refractivity contribution >= 4 is 17.2 Å². The van der Waals surface area contributed by atoms with Gasteiger partial charge in [-0.15, -0.1) is 0 Å². The molecule has 2 nitrogen and oxygen atoms in total. The van der Waals surface area contributed by atoms with Gasteiger partial charge >= 0.3 is 0 Å². The molecule has 124 valence electrons. The Bertz CT molecular complexity index is 500. The molecule has 0 amide bonds. The average Bonchev–Trinajstić information content (AvgIpc) is 2.34. The topological polar surface area (TPSA) is 35.2 Å². The monoisotopic (exact) mass is 321 g/mol. The molecule has 1 aromatic rings. The molecule has 0 unspecified atom stereocenters. The van der Waals surface area contributed by atoms with Gasteiger partial charge < -0.3 is 10.5 Å². The molecule has 1 aromatic carbocycles. The Balaban J connectivity index is 3.50. The van der Waals surface area contributed by atoms with E-state index in [9.17, 15) is 0 Å². The van der Waals surface area contributed by atoms with Crippen molar-refractivity contribution in [3.05, 3.63) is 28.8 Å². The molecule has 0 atom stereocenters. The lowest BCUT2D eigenvalue weighted by Crippen LogP contribution is -2.20. The number of hydrogen-bond donors (Lipinski definition) is 1. The molecule has 0 saturated heterocycles. The molecule has 2 N–H and O–H groups in total. The maximum atomic E-state index is 6.05. The highest BCUT2D eigenvalue weighted by Gasteiger charge is 2.27. The number of aryl methyl sites for hydroxylation is 1. The summed E-state index contributed by atoms with van der Waals surface area (Å²) < 4.78 is 6.05. The highest BCUT2D eigenvalue weighted by Crippen LogP contribution is 2.40. The Morgan fingerprint density at radius 1 is 1.05 bits per heavy atom. The van der Waals surface area contributed by atoms with Gasteiger partial charge in [-0.1, -0.05) is 65.9 Å². The first kappa shape index (κ1) is 19.0. The largest absolute Gasteiger partial charge is 0.493 e. The molecule has 3 heteroatoms. The summed E-state index contributed by atoms with van der Waals surface area (Å²) in [7, 11) is 0. The third kappa shape index (κ3) is 4.98. The highest BCUT2D eigenvalue weighted by molar-refractivity contribution is 7.80. The zero-order valence-corrected chi connectivity index (χ0v) is 16.0. The van der Waals surface area contributed by atoms with E-state index in [0.717, 1.165) is 18.6 Å². The first-order valence-electron chi connectivity index (χ1n) is 8.05. The minimum Gasteiger partial charge on any atom is -0.493 e. The number of nitrogens with two attached hydrogens (primary N) is 1. The lowest BCUT2D eigenvalue weighted by molar-refractivity contribution is 0.319. The minimum absolute atomic E-state index is 0.0315. The van der Waals surface area contributed by atoms with Gasteiger partial charge in [-0.25, -0.2) is 0 Å². The summed E-state index contributed by atoms with van der Waals surface area (Å²) >= 11 is 5.03. The van der Waals surface area contributed by atoms with Crippen LogP contribution in [0, 0.1) is 0 Å². The summed E-state index contributed by atoms with van der Waals surface area (Å²) in [6.07, 6.45) is 1.63. The highest BCUT2D eigenvalue weighted by atomic mass is 32.1. The van der Waals surface area contributed by atoms with Crippen molar-refractivity contribution in [2.75, 3.05) is 6.61 Å². The number of hydrogen-bond acceptors (Lipinski definition) is 2. The van der Waals surface area contributed by atoms with Gasteiger partial charge in [-0.3, -0.25) is 0 Å². The molecular formula is C19H31NOS. The Hall–Kier alpha value is -1.09. The van der Waals surface area contributed by atoms with Gasteiger partial charge in [-0.05, 0) is 29.7 Å². The number of rotatable bonds is 5. The predicted molar refractivity (Wildman–Crippen MR) is 100 cm³/mol. The van der Waals surface area contributed by atoms with Crippen molar-refractivity contribution < 1.29 is 4.74 Å². The van der Waals surface area contributed by atoms with E-state index in [-0.39, 0.29) is 10.8 Å². The Morgan fingerprint density at radius 3 is 1.82 bits per heavy atom. The van der Waals surface area contributed by atoms with Crippen LogP contribution in [0.15, 0.2) is 12.1 Å². The second-order valence-electron chi connectivity index (χ2n) is 7.92. The van der Waals surface area contributed by atoms with Crippen LogP contribution in [0.1, 0.15) is 71.6 Å². The number of ether oxygens (including phenoxy) is 1. The Kier molecular flexibility index (Phi) is 6.03. The molecule has 0 heterocycles. The fraction of sp³-hybridized carbons (Fsp3) is 0.632. The predicted octanol–water partition coefficient (Wildman–Crippen LogP) is 4.90. The van der Waals surface area contributed by atoms with Crippen LogP contribution >= 0.6 is 12.2 Å². The smallest absolute Gasteiger partial charge is 0.126 e. The maximum absolute atomic E-state index is 6.05. The van der Waals surface area contributed by atoms with Crippen LogP contribution in [-0.4, -0.2) is 11.6 Å². The molecular weight excluding hydrogens is 290 g/mol. The van der Waals surface area contributed by atoms with E-state index >= 15 is 0 Å². The zero-order valence-electron chi connectivity index (χ0n) is 15.2. The van der Waals surface area contributed by atoms with Crippen LogP contribution in [0.4, 0.5) is 0 Å². The molecule has 0 aliphatic rings. The molecule has 22 heavy (non-hydrogen) atoms. The molecule has 0 aromatic heterocycles. The van der Waals surface area contributed by atoms with Gasteiger partial charge in [0.2, 0.25) is 0 Å². The van der Waals surface area contributed by atoms with E-state index in [1.54, 1.807) is 0 Å². The third-order valence-electron chi connectivity index (χ3n) is 3.71. The second-order valence-corrected chi connectivity index (χ2v) is 8.44. The van der Waals surface area contributed by atoms with Gasteiger partial charge in [-0.2, -0.15) is 0 Å². The standard InChI is InChI=1S/C19H31NOS/c1-8-21-17-14(18(2,3)4)11-13(9-10-16(20)22)12-15(17)19(5,6)7/h11-12H,8-10H2,1-7H3,(H2,20,22). The van der Waals surface area contributed by atoms with Crippen LogP contribution in [-0.2, 0) is 17.3 Å². The first-order valence-corrected chi connectivity index (χ1v) is 8.46. The van der Waals surface area contributed by atoms with Crippen molar-refractivity contribution in [2.45, 2.75) is 72.1 Å². The number of thiocarbonyl (C=S) groups is 1. The van der Waals surface area contributed by atoms with Gasteiger partial charge in [0.25, 0.3) is 0 Å². The van der Waals surface area contributed by atoms with Crippen molar-refractivity contribution in [3.8, 4) is 5.75 Å². The van der Waals surface area contributed by atoms with Crippen molar-refractivity contribution in [3.63, 3.8) is 0 Å². The lowest BCUT2D eigenvalue weighted by Gasteiger charge is -2.30. The fourth-order valence-corrected chi connectivity index (χ4v) is 2.62. The van der Waals surface area contributed by atoms with Crippen molar-refractivity contribution in [1.29, 1.82) is 0 Å². The molecule has 0 bridgehead atoms. The SMILES string of the molecule is CCOc1c(C(C)(C)C)cc(CCC(N)=S)cc1C(C)(C)C. The zero-order chi connectivity index (χ0) is 17.1. The normalized spacial score (nSPS) is 12.3. The number of benzene rings is 1. The van der Waals surface area contributed by atoms with Gasteiger partial charge in [0.1, 0.15) is 5.75 Å². The summed E-state index contributed by atoms with van der Waals surface area (Å²) in [6, 6.07) is 4.52. The third-order valence-corrected chi connectivity index (χ3v) is 3.92. The minimum atomic E-state index is 0.0315. The quantitative estimate of drug-likeness (QED) is 0.784. The van der Waals surface area contributed by atoms with Crippen molar-refractivity contribution in [1.82, 2.24) is 0 Å². The van der Waals surface area contributed by atoms with E-state index in [1.165, 1.54) is 16.7 Å². The molecule has 0 saturated carbocycles. The summed E-state index contributed by atoms with van der Waals surface area (Å²) in [5, 5.41) is 0. The van der Waals surface area contributed by atoms with E-state index in [4.69, 9.17) is 22.7 Å². The van der Waals surface area contributed by atoms with Crippen LogP contribution in [0.5, 0.6) is 5.75 Å². The van der Waals surface area contributed by atoms with Crippen LogP contribution in [0.2, 0.25) is 0 Å². The first-order chi connectivity index (χ1) is 9.96. The maximum Gasteiger partial charge on any atom is 0.126 e. The van der Waals surface area contributed by atoms with E-state index in [0.29, 0.717) is 11.6 Å². The van der Waals surface area contributed by atoms with Crippen molar-refractivity contribution in [2.24, 2.45) is 5.73 Å². The van der Waals surface area contributed by atoms with Crippen LogP contribution in [0.25, 0.3) is 0 Å². The summed E-state index contributed by atoms with van der Waals surface area (Å²) in [6.45, 7) is 16.1. The molecule has 0 fully saturated rings. The fourth-order valence-electron chi connectivity index (χ4n) is 2.51. The second kappa shape index (κ2) is 6.99. The van der Waals surface area contributed by atoms with E-state index in [1.807, 2.05) is 6.92 Å². The van der Waals surface area contributed by atoms with Gasteiger partial charge in [0, 0.05) is 17.5 Å². The molecule has 0 spiro atoms. The summed E-state index contributed by atoms with van der Waals surface area (Å²) in [5.41, 5.74) is 9.55. The summed E-state index contributed by atoms with van der Waals surface area (Å²) in [4.78, 5) is 0.573. The van der Waals surface area contributed by atoms with Gasteiger partial charge in [0.15, 0.2) is 0 Å². The molecule has 0 aliphatic heterocycles. The molecule has 0 aliphatic carbocycles.